The van der Waals surface area contributed by atoms with E-state index in [2.05, 4.69) is 42.2 Å². The normalized spacial score (nSPS) is 16.9. The molecule has 5 rings (SSSR count). The van der Waals surface area contributed by atoms with Gasteiger partial charge in [-0.15, -0.1) is 0 Å². The highest BCUT2D eigenvalue weighted by Gasteiger charge is 2.24. The van der Waals surface area contributed by atoms with Crippen LogP contribution in [0.2, 0.25) is 0 Å². The molecule has 3 aromatic heterocycles. The Kier molecular flexibility index (Phi) is 7.17. The lowest BCUT2D eigenvalue weighted by Gasteiger charge is -2.34. The van der Waals surface area contributed by atoms with Gasteiger partial charge in [-0.3, -0.25) is 4.98 Å². The second-order valence-electron chi connectivity index (χ2n) is 8.80. The first kappa shape index (κ1) is 23.2. The Morgan fingerprint density at radius 3 is 2.63 bits per heavy atom. The van der Waals surface area contributed by atoms with Crippen LogP contribution in [0.1, 0.15) is 30.1 Å². The van der Waals surface area contributed by atoms with Gasteiger partial charge in [0.25, 0.3) is 0 Å². The van der Waals surface area contributed by atoms with E-state index in [0.717, 1.165) is 81.3 Å². The molecule has 2 fully saturated rings. The summed E-state index contributed by atoms with van der Waals surface area (Å²) in [6, 6.07) is 6.18. The molecule has 0 atom stereocenters. The Hall–Kier alpha value is -3.53. The first-order chi connectivity index (χ1) is 17.2. The Balaban J connectivity index is 1.21. The van der Waals surface area contributed by atoms with E-state index >= 15 is 0 Å². The van der Waals surface area contributed by atoms with Crippen LogP contribution in [0.25, 0.3) is 10.9 Å². The van der Waals surface area contributed by atoms with Gasteiger partial charge in [0.05, 0.1) is 30.9 Å². The number of anilines is 3. The van der Waals surface area contributed by atoms with Gasteiger partial charge in [0.15, 0.2) is 0 Å². The van der Waals surface area contributed by atoms with Crippen molar-refractivity contribution in [3.8, 4) is 0 Å². The zero-order chi connectivity index (χ0) is 24.0. The summed E-state index contributed by atoms with van der Waals surface area (Å²) in [4.78, 5) is 34.6. The molecule has 35 heavy (non-hydrogen) atoms. The highest BCUT2D eigenvalue weighted by atomic mass is 16.5. The quantitative estimate of drug-likeness (QED) is 0.511. The predicted octanol–water partition coefficient (Wildman–Crippen LogP) is 2.76. The van der Waals surface area contributed by atoms with Gasteiger partial charge >= 0.3 is 5.97 Å². The van der Waals surface area contributed by atoms with Crippen LogP contribution in [0, 0.1) is 5.92 Å². The van der Waals surface area contributed by atoms with Gasteiger partial charge in [0.1, 0.15) is 11.6 Å². The number of fused-ring (bicyclic) bond motifs is 1. The van der Waals surface area contributed by atoms with E-state index in [1.54, 1.807) is 6.92 Å². The van der Waals surface area contributed by atoms with Crippen molar-refractivity contribution in [1.82, 2.24) is 19.9 Å². The predicted molar refractivity (Wildman–Crippen MR) is 134 cm³/mol. The van der Waals surface area contributed by atoms with Crippen molar-refractivity contribution in [3.05, 3.63) is 42.4 Å². The molecule has 10 nitrogen and oxygen atoms in total. The molecule has 0 bridgehead atoms. The van der Waals surface area contributed by atoms with Crippen molar-refractivity contribution < 1.29 is 14.3 Å². The zero-order valence-corrected chi connectivity index (χ0v) is 20.0. The van der Waals surface area contributed by atoms with Gasteiger partial charge in [-0.25, -0.2) is 19.7 Å². The number of ether oxygens (including phenoxy) is 2. The van der Waals surface area contributed by atoms with Crippen LogP contribution in [0.15, 0.2) is 36.8 Å². The minimum Gasteiger partial charge on any atom is -0.462 e. The number of hydrogen-bond donors (Lipinski definition) is 1. The number of carbonyl (C=O) groups excluding carboxylic acids is 1. The molecule has 0 unspecified atom stereocenters. The maximum atomic E-state index is 11.8. The Morgan fingerprint density at radius 1 is 1.11 bits per heavy atom. The van der Waals surface area contributed by atoms with Gasteiger partial charge in [0.2, 0.25) is 5.95 Å². The molecule has 0 aromatic carbocycles. The monoisotopic (exact) mass is 477 g/mol. The molecule has 0 spiro atoms. The Bertz CT molecular complexity index is 1140. The van der Waals surface area contributed by atoms with E-state index < -0.39 is 5.97 Å². The topological polar surface area (TPSA) is 106 Å². The molecule has 0 aliphatic carbocycles. The van der Waals surface area contributed by atoms with E-state index in [1.807, 2.05) is 12.3 Å². The lowest BCUT2D eigenvalue weighted by atomic mass is 9.96. The van der Waals surface area contributed by atoms with Gasteiger partial charge in [-0.05, 0) is 37.8 Å². The third kappa shape index (κ3) is 5.43. The zero-order valence-electron chi connectivity index (χ0n) is 20.0. The van der Waals surface area contributed by atoms with Gasteiger partial charge < -0.3 is 24.6 Å². The summed E-state index contributed by atoms with van der Waals surface area (Å²) in [5.74, 6) is 2.62. The van der Waals surface area contributed by atoms with Crippen molar-refractivity contribution in [2.75, 3.05) is 67.7 Å². The van der Waals surface area contributed by atoms with Crippen LogP contribution < -0.4 is 15.1 Å². The summed E-state index contributed by atoms with van der Waals surface area (Å²) in [5.41, 5.74) is 1.34. The molecule has 0 radical (unpaired) electrons. The highest BCUT2D eigenvalue weighted by Crippen LogP contribution is 2.31. The van der Waals surface area contributed by atoms with Crippen molar-refractivity contribution in [2.45, 2.75) is 19.8 Å². The second kappa shape index (κ2) is 10.8. The molecule has 5 heterocycles. The van der Waals surface area contributed by atoms with E-state index in [0.29, 0.717) is 24.0 Å². The summed E-state index contributed by atoms with van der Waals surface area (Å²) in [5, 5.41) is 4.41. The Labute approximate surface area is 204 Å². The lowest BCUT2D eigenvalue weighted by molar-refractivity contribution is 0.0525. The van der Waals surface area contributed by atoms with Crippen molar-refractivity contribution in [2.24, 2.45) is 5.92 Å². The largest absolute Gasteiger partial charge is 0.462 e. The van der Waals surface area contributed by atoms with Crippen LogP contribution in [-0.2, 0) is 9.47 Å². The fraction of sp³-hybridized carbons (Fsp3) is 0.480. The van der Waals surface area contributed by atoms with Crippen LogP contribution in [0.4, 0.5) is 17.6 Å². The molecular formula is C25H31N7O3. The third-order valence-corrected chi connectivity index (χ3v) is 6.53. The van der Waals surface area contributed by atoms with Crippen LogP contribution in [0.5, 0.6) is 0 Å². The summed E-state index contributed by atoms with van der Waals surface area (Å²) in [6.07, 6.45) is 6.93. The summed E-state index contributed by atoms with van der Waals surface area (Å²) in [6.45, 7) is 7.90. The van der Waals surface area contributed by atoms with Crippen LogP contribution in [-0.4, -0.2) is 78.4 Å². The fourth-order valence-corrected chi connectivity index (χ4v) is 4.56. The average molecular weight is 478 g/mol. The first-order valence-corrected chi connectivity index (χ1v) is 12.3. The number of carbonyl (C=O) groups is 1. The number of rotatable bonds is 7. The average Bonchev–Trinajstić information content (AvgIpc) is 2.92. The lowest BCUT2D eigenvalue weighted by Crippen LogP contribution is -2.38. The van der Waals surface area contributed by atoms with E-state index in [-0.39, 0.29) is 0 Å². The smallest absolute Gasteiger partial charge is 0.341 e. The molecule has 184 valence electrons. The fourth-order valence-electron chi connectivity index (χ4n) is 4.56. The summed E-state index contributed by atoms with van der Waals surface area (Å²) in [7, 11) is 0. The number of pyridine rings is 2. The van der Waals surface area contributed by atoms with E-state index in [1.165, 1.54) is 12.4 Å². The molecule has 2 saturated heterocycles. The summed E-state index contributed by atoms with van der Waals surface area (Å²) < 4.78 is 10.5. The van der Waals surface area contributed by atoms with Crippen molar-refractivity contribution >= 4 is 34.5 Å². The van der Waals surface area contributed by atoms with E-state index in [9.17, 15) is 4.79 Å². The van der Waals surface area contributed by atoms with Gasteiger partial charge in [-0.1, -0.05) is 0 Å². The van der Waals surface area contributed by atoms with Crippen LogP contribution in [0.3, 0.4) is 0 Å². The van der Waals surface area contributed by atoms with Crippen molar-refractivity contribution in [1.29, 1.82) is 0 Å². The number of nitrogens with zero attached hydrogens (tertiary/aromatic N) is 6. The maximum absolute atomic E-state index is 11.8. The number of morpholine rings is 1. The number of nitrogens with one attached hydrogen (secondary N) is 1. The molecule has 10 heteroatoms. The van der Waals surface area contributed by atoms with Crippen LogP contribution >= 0.6 is 0 Å². The molecule has 0 amide bonds. The molecular weight excluding hydrogens is 446 g/mol. The Morgan fingerprint density at radius 2 is 1.89 bits per heavy atom. The molecule has 3 aromatic rings. The first-order valence-electron chi connectivity index (χ1n) is 12.3. The molecule has 2 aliphatic rings. The molecule has 1 N–H and O–H groups in total. The molecule has 2 aliphatic heterocycles. The van der Waals surface area contributed by atoms with Crippen molar-refractivity contribution in [3.63, 3.8) is 0 Å². The number of esters is 1. The van der Waals surface area contributed by atoms with Gasteiger partial charge in [-0.2, -0.15) is 0 Å². The van der Waals surface area contributed by atoms with Gasteiger partial charge in [0, 0.05) is 62.8 Å². The maximum Gasteiger partial charge on any atom is 0.341 e. The standard InChI is InChI=1S/C25H31N7O3/c1-2-35-24(33)19-16-28-25(29-17-19)27-15-18-5-8-32(9-6-18)23-20-4-3-7-26-21(20)14-22(30-23)31-10-12-34-13-11-31/h3-4,7,14,16-18H,2,5-6,8-13,15H2,1H3,(H,27,28,29). The third-order valence-electron chi connectivity index (χ3n) is 6.53. The van der Waals surface area contributed by atoms with E-state index in [4.69, 9.17) is 14.5 Å². The highest BCUT2D eigenvalue weighted by molar-refractivity contribution is 5.91. The minimum atomic E-state index is -0.402. The minimum absolute atomic E-state index is 0.330. The second-order valence-corrected chi connectivity index (χ2v) is 8.80. The summed E-state index contributed by atoms with van der Waals surface area (Å²) >= 11 is 0. The molecule has 0 saturated carbocycles. The number of aromatic nitrogens is 4. The SMILES string of the molecule is CCOC(=O)c1cnc(NCC2CCN(c3nc(N4CCOCC4)cc4ncccc34)CC2)nc1. The number of piperidine rings is 1. The number of hydrogen-bond acceptors (Lipinski definition) is 10.